The molecular weight excluding hydrogens is 565 g/mol. The molecule has 0 spiro atoms. The van der Waals surface area contributed by atoms with Gasteiger partial charge in [-0.1, -0.05) is 46.4 Å². The van der Waals surface area contributed by atoms with Crippen molar-refractivity contribution in [3.8, 4) is 11.4 Å². The maximum atomic E-state index is 8.71. The maximum absolute atomic E-state index is 8.71. The normalized spacial score (nSPS) is 9.72. The van der Waals surface area contributed by atoms with E-state index in [1.807, 2.05) is 0 Å². The number of pyridine rings is 2. The lowest BCUT2D eigenvalue weighted by molar-refractivity contribution is 0.426. The molecule has 0 atom stereocenters. The van der Waals surface area contributed by atoms with Gasteiger partial charge in [-0.05, 0) is 40.2 Å². The third-order valence-electron chi connectivity index (χ3n) is 3.29. The number of rotatable bonds is 2. The fraction of sp³-hybridized carbons (Fsp3) is 0. The fourth-order valence-corrected chi connectivity index (χ4v) is 2.88. The predicted octanol–water partition coefficient (Wildman–Crippen LogP) is 4.15. The first-order valence-corrected chi connectivity index (χ1v) is 10.8. The highest BCUT2D eigenvalue weighted by Crippen LogP contribution is 2.25. The molecule has 164 valence electrons. The minimum Gasteiger partial charge on any atom is -0.423 e. The zero-order chi connectivity index (χ0) is 23.5. The molecule has 0 radical (unpaired) electrons. The van der Waals surface area contributed by atoms with Crippen LogP contribution in [0.3, 0.4) is 0 Å². The van der Waals surface area contributed by atoms with Gasteiger partial charge in [0.1, 0.15) is 10.3 Å². The quantitative estimate of drug-likeness (QED) is 0.208. The summed E-state index contributed by atoms with van der Waals surface area (Å²) < 4.78 is 0.634. The van der Waals surface area contributed by atoms with Gasteiger partial charge in [0.25, 0.3) is 0 Å². The van der Waals surface area contributed by atoms with Gasteiger partial charge in [-0.15, -0.1) is 0 Å². The van der Waals surface area contributed by atoms with Crippen LogP contribution >= 0.6 is 62.3 Å². The predicted molar refractivity (Wildman–Crippen MR) is 129 cm³/mol. The first-order chi connectivity index (χ1) is 15.3. The summed E-state index contributed by atoms with van der Waals surface area (Å²) in [6.07, 6.45) is 9.39. The summed E-state index contributed by atoms with van der Waals surface area (Å²) in [6, 6.07) is 6.44. The molecular formula is C18H12BBrCl4N6O2. The molecule has 0 unspecified atom stereocenters. The molecule has 0 aromatic carbocycles. The molecule has 0 saturated carbocycles. The Morgan fingerprint density at radius 1 is 0.688 bits per heavy atom. The zero-order valence-electron chi connectivity index (χ0n) is 15.8. The Kier molecular flexibility index (Phi) is 11.2. The maximum Gasteiger partial charge on any atom is 0.490 e. The van der Waals surface area contributed by atoms with Gasteiger partial charge < -0.3 is 10.0 Å². The SMILES string of the molecule is Brc1ncccn1.Clc1cc(-c2ncccn2)c(Cl)cn1.OB(O)c1cc(Cl)ncc1Cl. The summed E-state index contributed by atoms with van der Waals surface area (Å²) in [7, 11) is -1.61. The van der Waals surface area contributed by atoms with E-state index in [0.29, 0.717) is 26.3 Å². The van der Waals surface area contributed by atoms with E-state index >= 15 is 0 Å². The van der Waals surface area contributed by atoms with Crippen LogP contribution in [0.2, 0.25) is 20.4 Å². The molecule has 8 nitrogen and oxygen atoms in total. The Morgan fingerprint density at radius 3 is 1.66 bits per heavy atom. The van der Waals surface area contributed by atoms with Crippen LogP contribution in [0.5, 0.6) is 0 Å². The van der Waals surface area contributed by atoms with Crippen LogP contribution < -0.4 is 5.46 Å². The van der Waals surface area contributed by atoms with Crippen LogP contribution in [-0.4, -0.2) is 47.1 Å². The van der Waals surface area contributed by atoms with Gasteiger partial charge in [-0.2, -0.15) is 0 Å². The van der Waals surface area contributed by atoms with E-state index in [9.17, 15) is 0 Å². The van der Waals surface area contributed by atoms with Gasteiger partial charge in [-0.3, -0.25) is 0 Å². The van der Waals surface area contributed by atoms with Crippen LogP contribution in [0.25, 0.3) is 11.4 Å². The van der Waals surface area contributed by atoms with Crippen LogP contribution in [-0.2, 0) is 0 Å². The van der Waals surface area contributed by atoms with Crippen molar-refractivity contribution in [2.24, 2.45) is 0 Å². The number of hydrogen-bond donors (Lipinski definition) is 2. The van der Waals surface area contributed by atoms with E-state index in [-0.39, 0.29) is 15.6 Å². The highest BCUT2D eigenvalue weighted by molar-refractivity contribution is 9.10. The van der Waals surface area contributed by atoms with E-state index in [1.54, 1.807) is 43.0 Å². The van der Waals surface area contributed by atoms with Crippen molar-refractivity contribution in [2.45, 2.75) is 0 Å². The average Bonchev–Trinajstić information content (AvgIpc) is 2.79. The van der Waals surface area contributed by atoms with Crippen molar-refractivity contribution in [1.29, 1.82) is 0 Å². The van der Waals surface area contributed by atoms with Crippen molar-refractivity contribution >= 4 is 74.9 Å². The molecule has 0 amide bonds. The first kappa shape index (κ1) is 26.3. The highest BCUT2D eigenvalue weighted by atomic mass is 79.9. The minimum absolute atomic E-state index is 0.159. The van der Waals surface area contributed by atoms with E-state index in [1.165, 1.54) is 18.5 Å². The Morgan fingerprint density at radius 2 is 1.19 bits per heavy atom. The van der Waals surface area contributed by atoms with E-state index in [2.05, 4.69) is 45.8 Å². The van der Waals surface area contributed by atoms with Crippen LogP contribution in [0.4, 0.5) is 0 Å². The second-order valence-electron chi connectivity index (χ2n) is 5.48. The molecule has 32 heavy (non-hydrogen) atoms. The van der Waals surface area contributed by atoms with Crippen LogP contribution in [0.15, 0.2) is 66.2 Å². The lowest BCUT2D eigenvalue weighted by Crippen LogP contribution is -2.30. The molecule has 14 heteroatoms. The van der Waals surface area contributed by atoms with Gasteiger partial charge >= 0.3 is 7.12 Å². The van der Waals surface area contributed by atoms with Crippen molar-refractivity contribution in [3.05, 3.63) is 86.5 Å². The van der Waals surface area contributed by atoms with Crippen molar-refractivity contribution < 1.29 is 10.0 Å². The molecule has 0 fully saturated rings. The minimum atomic E-state index is -1.61. The summed E-state index contributed by atoms with van der Waals surface area (Å²) in [6.45, 7) is 0. The Balaban J connectivity index is 0.000000180. The second kappa shape index (κ2) is 13.6. The van der Waals surface area contributed by atoms with Crippen molar-refractivity contribution in [3.63, 3.8) is 0 Å². The molecule has 0 aliphatic heterocycles. The molecule has 0 aliphatic rings. The topological polar surface area (TPSA) is 118 Å². The van der Waals surface area contributed by atoms with Gasteiger partial charge in [0.15, 0.2) is 10.6 Å². The number of halogens is 5. The standard InChI is InChI=1S/C9H5Cl2N3.C5H4BCl2NO2.C4H3BrN2/c10-7-5-14-8(11)4-6(7)9-12-2-1-3-13-9;7-4-2-9-5(8)1-3(4)6(10)11;5-4-6-2-1-3-7-4/h1-5H;1-2,10-11H;1-3H. The Hall–Kier alpha value is -1.92. The van der Waals surface area contributed by atoms with Crippen molar-refractivity contribution in [2.75, 3.05) is 0 Å². The lowest BCUT2D eigenvalue weighted by Gasteiger charge is -2.01. The van der Waals surface area contributed by atoms with Gasteiger partial charge in [-0.25, -0.2) is 29.9 Å². The lowest BCUT2D eigenvalue weighted by atomic mass is 9.81. The number of hydrogen-bond acceptors (Lipinski definition) is 8. The first-order valence-electron chi connectivity index (χ1n) is 8.46. The summed E-state index contributed by atoms with van der Waals surface area (Å²) in [5.41, 5.74) is 0.846. The third kappa shape index (κ3) is 8.91. The smallest absolute Gasteiger partial charge is 0.423 e. The summed E-state index contributed by atoms with van der Waals surface area (Å²) in [5.74, 6) is 0.543. The van der Waals surface area contributed by atoms with Gasteiger partial charge in [0.2, 0.25) is 0 Å². The summed E-state index contributed by atoms with van der Waals surface area (Å²) >= 11 is 25.8. The molecule has 0 saturated heterocycles. The summed E-state index contributed by atoms with van der Waals surface area (Å²) in [5, 5.41) is 18.6. The molecule has 4 aromatic rings. The Labute approximate surface area is 211 Å². The molecule has 2 N–H and O–H groups in total. The van der Waals surface area contributed by atoms with Crippen LogP contribution in [0, 0.1) is 0 Å². The monoisotopic (exact) mass is 574 g/mol. The van der Waals surface area contributed by atoms with Gasteiger partial charge in [0.05, 0.1) is 10.0 Å². The number of aromatic nitrogens is 6. The van der Waals surface area contributed by atoms with Crippen molar-refractivity contribution in [1.82, 2.24) is 29.9 Å². The molecule has 0 bridgehead atoms. The Bertz CT molecular complexity index is 1130. The van der Waals surface area contributed by atoms with E-state index < -0.39 is 7.12 Å². The molecule has 0 aliphatic carbocycles. The fourth-order valence-electron chi connectivity index (χ4n) is 1.93. The second-order valence-corrected chi connectivity index (χ2v) is 7.78. The number of nitrogens with zero attached hydrogens (tertiary/aromatic N) is 6. The molecule has 4 rings (SSSR count). The average molecular weight is 577 g/mol. The zero-order valence-corrected chi connectivity index (χ0v) is 20.4. The van der Waals surface area contributed by atoms with E-state index in [0.717, 1.165) is 0 Å². The molecule has 4 aromatic heterocycles. The largest absolute Gasteiger partial charge is 0.490 e. The highest BCUT2D eigenvalue weighted by Gasteiger charge is 2.15. The van der Waals surface area contributed by atoms with E-state index in [4.69, 9.17) is 56.5 Å². The van der Waals surface area contributed by atoms with Crippen LogP contribution in [0.1, 0.15) is 0 Å². The summed E-state index contributed by atoms with van der Waals surface area (Å²) in [4.78, 5) is 23.2. The molecule has 4 heterocycles. The third-order valence-corrected chi connectivity index (χ3v) is 4.73. The van der Waals surface area contributed by atoms with Gasteiger partial charge in [0, 0.05) is 48.2 Å².